The van der Waals surface area contributed by atoms with E-state index >= 15 is 0 Å². The van der Waals surface area contributed by atoms with Crippen molar-refractivity contribution in [1.29, 1.82) is 0 Å². The molecule has 0 unspecified atom stereocenters. The number of nitrogens with two attached hydrogens (primary N) is 1. The van der Waals surface area contributed by atoms with Gasteiger partial charge in [-0.3, -0.25) is 10.6 Å². The van der Waals surface area contributed by atoms with Gasteiger partial charge in [-0.2, -0.15) is 0 Å². The fraction of sp³-hybridized carbons (Fsp3) is 0.222. The van der Waals surface area contributed by atoms with Gasteiger partial charge in [-0.25, -0.2) is 0 Å². The molecule has 4 nitrogen and oxygen atoms in total. The molecule has 0 bridgehead atoms. The van der Waals surface area contributed by atoms with E-state index in [4.69, 9.17) is 10.6 Å². The van der Waals surface area contributed by atoms with Crippen LogP contribution >= 0.6 is 0 Å². The quantitative estimate of drug-likeness (QED) is 0.415. The number of rotatable bonds is 4. The lowest BCUT2D eigenvalue weighted by molar-refractivity contribution is 0.112. The van der Waals surface area contributed by atoms with Crippen LogP contribution in [0, 0.1) is 0 Å². The summed E-state index contributed by atoms with van der Waals surface area (Å²) in [6.07, 6.45) is 0.722. The highest BCUT2D eigenvalue weighted by Crippen LogP contribution is 2.23. The van der Waals surface area contributed by atoms with Gasteiger partial charge in [0.1, 0.15) is 5.75 Å². The molecule has 1 rings (SSSR count). The molecule has 0 radical (unpaired) electrons. The van der Waals surface area contributed by atoms with Crippen molar-refractivity contribution in [1.82, 2.24) is 0 Å². The van der Waals surface area contributed by atoms with Crippen molar-refractivity contribution in [2.75, 3.05) is 12.0 Å². The second kappa shape index (κ2) is 4.47. The van der Waals surface area contributed by atoms with Gasteiger partial charge in [-0.15, -0.1) is 0 Å². The van der Waals surface area contributed by atoms with E-state index in [0.717, 1.165) is 6.29 Å². The van der Waals surface area contributed by atoms with Crippen LogP contribution in [-0.2, 0) is 0 Å². The van der Waals surface area contributed by atoms with Crippen LogP contribution in [0.2, 0.25) is 0 Å². The molecule has 0 spiro atoms. The van der Waals surface area contributed by atoms with Gasteiger partial charge in [0.15, 0.2) is 6.29 Å². The summed E-state index contributed by atoms with van der Waals surface area (Å²) >= 11 is 0. The predicted molar refractivity (Wildman–Crippen MR) is 50.8 cm³/mol. The number of hydrogen-bond acceptors (Lipinski definition) is 4. The predicted octanol–water partition coefficient (Wildman–Crippen LogP) is 1.18. The van der Waals surface area contributed by atoms with E-state index in [-0.39, 0.29) is 0 Å². The summed E-state index contributed by atoms with van der Waals surface area (Å²) < 4.78 is 5.24. The topological polar surface area (TPSA) is 64.3 Å². The second-order valence-electron chi connectivity index (χ2n) is 2.41. The Morgan fingerprint density at radius 3 is 2.92 bits per heavy atom. The first-order valence-corrected chi connectivity index (χ1v) is 4.01. The minimum atomic E-state index is 0.451. The van der Waals surface area contributed by atoms with Crippen molar-refractivity contribution in [2.45, 2.75) is 6.92 Å². The Morgan fingerprint density at radius 1 is 1.62 bits per heavy atom. The zero-order valence-electron chi connectivity index (χ0n) is 7.41. The van der Waals surface area contributed by atoms with E-state index in [1.807, 2.05) is 6.92 Å². The number of hydrogen-bond donors (Lipinski definition) is 2. The summed E-state index contributed by atoms with van der Waals surface area (Å²) in [5.74, 6) is 5.78. The smallest absolute Gasteiger partial charge is 0.155 e. The third kappa shape index (κ3) is 1.97. The fourth-order valence-electron chi connectivity index (χ4n) is 1.07. The van der Waals surface area contributed by atoms with Crippen molar-refractivity contribution in [3.05, 3.63) is 23.8 Å². The van der Waals surface area contributed by atoms with Gasteiger partial charge in [0.05, 0.1) is 17.9 Å². The summed E-state index contributed by atoms with van der Waals surface area (Å²) in [6, 6.07) is 5.22. The van der Waals surface area contributed by atoms with Crippen molar-refractivity contribution < 1.29 is 9.53 Å². The second-order valence-corrected chi connectivity index (χ2v) is 2.41. The van der Waals surface area contributed by atoms with Crippen molar-refractivity contribution in [3.8, 4) is 5.75 Å². The van der Waals surface area contributed by atoms with Crippen LogP contribution in [0.15, 0.2) is 18.2 Å². The van der Waals surface area contributed by atoms with E-state index in [1.54, 1.807) is 18.2 Å². The summed E-state index contributed by atoms with van der Waals surface area (Å²) in [7, 11) is 0. The van der Waals surface area contributed by atoms with Crippen LogP contribution in [-0.4, -0.2) is 12.9 Å². The summed E-state index contributed by atoms with van der Waals surface area (Å²) in [6.45, 7) is 2.38. The van der Waals surface area contributed by atoms with Crippen molar-refractivity contribution in [3.63, 3.8) is 0 Å². The van der Waals surface area contributed by atoms with Gasteiger partial charge in [-0.05, 0) is 19.1 Å². The van der Waals surface area contributed by atoms with Gasteiger partial charge >= 0.3 is 0 Å². The Labute approximate surface area is 76.7 Å². The number of carbonyl (C=O) groups is 1. The molecule has 0 aliphatic heterocycles. The normalized spacial score (nSPS) is 9.38. The van der Waals surface area contributed by atoms with Crippen LogP contribution in [0.3, 0.4) is 0 Å². The van der Waals surface area contributed by atoms with E-state index in [0.29, 0.717) is 23.6 Å². The van der Waals surface area contributed by atoms with Crippen molar-refractivity contribution >= 4 is 12.0 Å². The van der Waals surface area contributed by atoms with Crippen LogP contribution < -0.4 is 16.0 Å². The number of nitrogen functional groups attached to an aromatic ring is 1. The SMILES string of the molecule is CCOc1cccc(NN)c1C=O. The Hall–Kier alpha value is -1.55. The fourth-order valence-corrected chi connectivity index (χ4v) is 1.07. The lowest BCUT2D eigenvalue weighted by Gasteiger charge is -2.09. The molecule has 1 aromatic rings. The highest BCUT2D eigenvalue weighted by Gasteiger charge is 2.06. The Kier molecular flexibility index (Phi) is 3.28. The molecule has 4 heteroatoms. The van der Waals surface area contributed by atoms with E-state index < -0.39 is 0 Å². The lowest BCUT2D eigenvalue weighted by atomic mass is 10.2. The molecular weight excluding hydrogens is 168 g/mol. The number of ether oxygens (including phenoxy) is 1. The number of hydrazine groups is 1. The minimum absolute atomic E-state index is 0.451. The molecule has 0 aliphatic carbocycles. The zero-order chi connectivity index (χ0) is 9.68. The van der Waals surface area contributed by atoms with Gasteiger partial charge < -0.3 is 10.2 Å². The monoisotopic (exact) mass is 180 g/mol. The van der Waals surface area contributed by atoms with E-state index in [2.05, 4.69) is 5.43 Å². The third-order valence-electron chi connectivity index (χ3n) is 1.64. The molecule has 0 aliphatic rings. The Bertz CT molecular complexity index is 300. The van der Waals surface area contributed by atoms with Gasteiger partial charge in [0.2, 0.25) is 0 Å². The van der Waals surface area contributed by atoms with Crippen LogP contribution in [0.5, 0.6) is 5.75 Å². The standard InChI is InChI=1S/C9H12N2O2/c1-2-13-9-5-3-4-8(11-10)7(9)6-12/h3-6,11H,2,10H2,1H3. The first kappa shape index (κ1) is 9.54. The van der Waals surface area contributed by atoms with E-state index in [9.17, 15) is 4.79 Å². The summed E-state index contributed by atoms with van der Waals surface area (Å²) in [5, 5.41) is 0. The molecule has 0 saturated carbocycles. The average molecular weight is 180 g/mol. The number of nitrogens with one attached hydrogen (secondary N) is 1. The third-order valence-corrected chi connectivity index (χ3v) is 1.64. The zero-order valence-corrected chi connectivity index (χ0v) is 7.41. The average Bonchev–Trinajstić information content (AvgIpc) is 2.18. The first-order chi connectivity index (χ1) is 6.33. The summed E-state index contributed by atoms with van der Waals surface area (Å²) in [5.41, 5.74) is 3.46. The Balaban J connectivity index is 3.10. The maximum absolute atomic E-state index is 10.7. The maximum atomic E-state index is 10.7. The molecular formula is C9H12N2O2. The highest BCUT2D eigenvalue weighted by atomic mass is 16.5. The lowest BCUT2D eigenvalue weighted by Crippen LogP contribution is -2.10. The number of aldehydes is 1. The molecule has 0 saturated heterocycles. The van der Waals surface area contributed by atoms with Gasteiger partial charge in [0.25, 0.3) is 0 Å². The molecule has 0 heterocycles. The first-order valence-electron chi connectivity index (χ1n) is 4.01. The minimum Gasteiger partial charge on any atom is -0.493 e. The molecule has 0 aromatic heterocycles. The molecule has 0 atom stereocenters. The number of benzene rings is 1. The highest BCUT2D eigenvalue weighted by molar-refractivity contribution is 5.87. The van der Waals surface area contributed by atoms with Crippen molar-refractivity contribution in [2.24, 2.45) is 5.84 Å². The Morgan fingerprint density at radius 2 is 2.38 bits per heavy atom. The molecule has 3 N–H and O–H groups in total. The van der Waals surface area contributed by atoms with E-state index in [1.165, 1.54) is 0 Å². The molecule has 70 valence electrons. The number of carbonyl (C=O) groups excluding carboxylic acids is 1. The molecule has 13 heavy (non-hydrogen) atoms. The van der Waals surface area contributed by atoms with Crippen LogP contribution in [0.25, 0.3) is 0 Å². The maximum Gasteiger partial charge on any atom is 0.155 e. The number of anilines is 1. The molecule has 1 aromatic carbocycles. The van der Waals surface area contributed by atoms with Gasteiger partial charge in [-0.1, -0.05) is 6.07 Å². The van der Waals surface area contributed by atoms with Gasteiger partial charge in [0, 0.05) is 0 Å². The van der Waals surface area contributed by atoms with Crippen LogP contribution in [0.4, 0.5) is 5.69 Å². The summed E-state index contributed by atoms with van der Waals surface area (Å²) in [4.78, 5) is 10.7. The molecule has 0 amide bonds. The largest absolute Gasteiger partial charge is 0.493 e. The molecule has 0 fully saturated rings. The van der Waals surface area contributed by atoms with Crippen LogP contribution in [0.1, 0.15) is 17.3 Å².